The van der Waals surface area contributed by atoms with Gasteiger partial charge in [-0.05, 0) is 75.4 Å². The highest BCUT2D eigenvalue weighted by molar-refractivity contribution is 7.09. The van der Waals surface area contributed by atoms with Gasteiger partial charge in [0.05, 0.1) is 19.1 Å². The summed E-state index contributed by atoms with van der Waals surface area (Å²) in [4.78, 5) is 83.2. The fraction of sp³-hybridized carbons (Fsp3) is 0.684. The Hall–Kier alpha value is -3.98. The predicted octanol–water partition coefficient (Wildman–Crippen LogP) is 3.72. The molecule has 0 aromatic carbocycles. The molecule has 3 aliphatic heterocycles. The van der Waals surface area contributed by atoms with Gasteiger partial charge in [-0.2, -0.15) is 0 Å². The fourth-order valence-corrected chi connectivity index (χ4v) is 8.73. The number of methoxy groups -OCH3 is 1. The Kier molecular flexibility index (Phi) is 13.9. The number of aromatic nitrogens is 3. The predicted molar refractivity (Wildman–Crippen MR) is 197 cm³/mol. The van der Waals surface area contributed by atoms with Gasteiger partial charge in [0.2, 0.25) is 11.8 Å². The van der Waals surface area contributed by atoms with Crippen molar-refractivity contribution in [1.82, 2.24) is 35.4 Å². The highest BCUT2D eigenvalue weighted by atomic mass is 32.1. The number of rotatable bonds is 17. The van der Waals surface area contributed by atoms with E-state index in [1.807, 2.05) is 13.8 Å². The zero-order valence-electron chi connectivity index (χ0n) is 31.8. The first-order chi connectivity index (χ1) is 25.3. The van der Waals surface area contributed by atoms with Gasteiger partial charge in [0, 0.05) is 56.7 Å². The van der Waals surface area contributed by atoms with Crippen molar-refractivity contribution in [2.45, 2.75) is 116 Å². The molecule has 6 atom stereocenters. The van der Waals surface area contributed by atoms with Gasteiger partial charge in [-0.1, -0.05) is 27.2 Å². The highest BCUT2D eigenvalue weighted by Crippen LogP contribution is 2.35. The van der Waals surface area contributed by atoms with Crippen LogP contribution < -0.4 is 10.6 Å². The molecule has 4 fully saturated rings. The third-order valence-corrected chi connectivity index (χ3v) is 12.1. The van der Waals surface area contributed by atoms with Crippen LogP contribution in [0.3, 0.4) is 0 Å². The molecule has 0 unspecified atom stereocenters. The van der Waals surface area contributed by atoms with Crippen LogP contribution in [-0.2, 0) is 35.1 Å². The van der Waals surface area contributed by atoms with Crippen LogP contribution in [0.15, 0.2) is 23.8 Å². The molecule has 15 heteroatoms. The van der Waals surface area contributed by atoms with Crippen molar-refractivity contribution in [3.63, 3.8) is 0 Å². The van der Waals surface area contributed by atoms with E-state index in [-0.39, 0.29) is 47.8 Å². The minimum atomic E-state index is -0.822. The molecule has 14 nitrogen and oxygen atoms in total. The molecule has 2 N–H and O–H groups in total. The van der Waals surface area contributed by atoms with Crippen LogP contribution in [0.1, 0.15) is 106 Å². The molecule has 2 bridgehead atoms. The van der Waals surface area contributed by atoms with Gasteiger partial charge in [-0.15, -0.1) is 11.3 Å². The van der Waals surface area contributed by atoms with E-state index < -0.39 is 42.0 Å². The van der Waals surface area contributed by atoms with Crippen molar-refractivity contribution >= 4 is 41.0 Å². The highest BCUT2D eigenvalue weighted by Gasteiger charge is 2.43. The summed E-state index contributed by atoms with van der Waals surface area (Å²) < 4.78 is 10.7. The SMILES string of the molecule is COC(=O)[C@@H](C)C[C@H](Cc1ncccn1)NC(=O)c1csc([C@@H](C[C@H](C(C)C)N(C)C(=O)[C@@H](NC(=O)[C@H]2CC3CCN2CC3)C2CCC2)OC(C)=O)n1. The molecular formula is C38H55N7O7S. The van der Waals surface area contributed by atoms with E-state index in [0.29, 0.717) is 29.6 Å². The van der Waals surface area contributed by atoms with E-state index in [2.05, 4.69) is 30.5 Å². The standard InChI is InChI=1S/C38H55N7O7S/c1-22(2)29(44(5)37(49)33(26-9-7-10-26)43-35(48)30-18-25-11-15-45(30)16-12-25)20-31(52-24(4)46)36-42-28(21-53-36)34(47)41-27(17-23(3)38(50)51-6)19-32-39-13-8-14-40-32/h8,13-14,21-23,25-27,29-31,33H,7,9-12,15-20H2,1-6H3,(H,41,47)(H,43,48)/t23-,27+,29+,30+,31+,33-/m0/s1. The van der Waals surface area contributed by atoms with E-state index in [1.165, 1.54) is 25.4 Å². The van der Waals surface area contributed by atoms with Crippen LogP contribution >= 0.6 is 11.3 Å². The van der Waals surface area contributed by atoms with Crippen molar-refractivity contribution in [1.29, 1.82) is 0 Å². The molecule has 0 spiro atoms. The summed E-state index contributed by atoms with van der Waals surface area (Å²) >= 11 is 1.20. The number of piperidine rings is 3. The molecule has 1 saturated carbocycles. The summed E-state index contributed by atoms with van der Waals surface area (Å²) in [6.45, 7) is 8.92. The van der Waals surface area contributed by atoms with Crippen LogP contribution in [0.5, 0.6) is 0 Å². The molecular weight excluding hydrogens is 699 g/mol. The maximum atomic E-state index is 14.3. The molecule has 4 aliphatic rings. The lowest BCUT2D eigenvalue weighted by atomic mass is 9.78. The number of ether oxygens (including phenoxy) is 2. The molecule has 6 rings (SSSR count). The molecule has 290 valence electrons. The number of nitrogens with one attached hydrogen (secondary N) is 2. The smallest absolute Gasteiger partial charge is 0.308 e. The van der Waals surface area contributed by atoms with Gasteiger partial charge in [0.15, 0.2) is 6.10 Å². The van der Waals surface area contributed by atoms with E-state index in [1.54, 1.807) is 42.7 Å². The second-order valence-corrected chi connectivity index (χ2v) is 16.2. The van der Waals surface area contributed by atoms with Crippen LogP contribution in [0.2, 0.25) is 0 Å². The minimum absolute atomic E-state index is 0.0274. The van der Waals surface area contributed by atoms with Crippen molar-refractivity contribution in [2.24, 2.45) is 23.7 Å². The van der Waals surface area contributed by atoms with E-state index in [0.717, 1.165) is 51.6 Å². The number of nitrogens with zero attached hydrogens (tertiary/aromatic N) is 5. The number of hydrogen-bond acceptors (Lipinski definition) is 12. The second kappa shape index (κ2) is 18.4. The topological polar surface area (TPSA) is 173 Å². The lowest BCUT2D eigenvalue weighted by Crippen LogP contribution is -2.61. The van der Waals surface area contributed by atoms with Crippen LogP contribution in [0.25, 0.3) is 0 Å². The van der Waals surface area contributed by atoms with Crippen LogP contribution in [0, 0.1) is 23.7 Å². The number of likely N-dealkylation sites (N-methyl/N-ethyl adjacent to an activating group) is 1. The average molecular weight is 754 g/mol. The van der Waals surface area contributed by atoms with Gasteiger partial charge in [0.25, 0.3) is 5.91 Å². The number of amides is 3. The lowest BCUT2D eigenvalue weighted by molar-refractivity contribution is -0.149. The Morgan fingerprint density at radius 3 is 2.28 bits per heavy atom. The minimum Gasteiger partial charge on any atom is -0.469 e. The van der Waals surface area contributed by atoms with Gasteiger partial charge in [-0.25, -0.2) is 15.0 Å². The second-order valence-electron chi connectivity index (χ2n) is 15.3. The number of thiazole rings is 1. The van der Waals surface area contributed by atoms with Gasteiger partial charge < -0.3 is 25.0 Å². The summed E-state index contributed by atoms with van der Waals surface area (Å²) in [6, 6.07) is 0.0332. The fourth-order valence-electron chi connectivity index (χ4n) is 7.89. The largest absolute Gasteiger partial charge is 0.469 e. The molecule has 53 heavy (non-hydrogen) atoms. The Bertz CT molecular complexity index is 1580. The number of esters is 2. The average Bonchev–Trinajstić information content (AvgIpc) is 3.62. The summed E-state index contributed by atoms with van der Waals surface area (Å²) in [5.41, 5.74) is 0.136. The van der Waals surface area contributed by atoms with Crippen LogP contribution in [0.4, 0.5) is 0 Å². The molecule has 2 aromatic heterocycles. The molecule has 5 heterocycles. The monoisotopic (exact) mass is 753 g/mol. The quantitative estimate of drug-likeness (QED) is 0.226. The zero-order chi connectivity index (χ0) is 38.2. The lowest BCUT2D eigenvalue weighted by Gasteiger charge is -2.45. The van der Waals surface area contributed by atoms with Gasteiger partial charge in [0.1, 0.15) is 22.6 Å². The summed E-state index contributed by atoms with van der Waals surface area (Å²) in [6.07, 6.45) is 9.14. The third-order valence-electron chi connectivity index (χ3n) is 11.2. The first kappa shape index (κ1) is 40.2. The summed E-state index contributed by atoms with van der Waals surface area (Å²) in [7, 11) is 3.08. The normalized spacial score (nSPS) is 22.4. The maximum Gasteiger partial charge on any atom is 0.308 e. The van der Waals surface area contributed by atoms with Gasteiger partial charge in [-0.3, -0.25) is 28.9 Å². The van der Waals surface area contributed by atoms with Crippen molar-refractivity contribution in [3.8, 4) is 0 Å². The Labute approximate surface area is 316 Å². The molecule has 3 saturated heterocycles. The first-order valence-corrected chi connectivity index (χ1v) is 19.8. The molecule has 2 aromatic rings. The Balaban J connectivity index is 1.29. The number of carbonyl (C=O) groups excluding carboxylic acids is 5. The van der Waals surface area contributed by atoms with E-state index in [9.17, 15) is 24.0 Å². The molecule has 1 aliphatic carbocycles. The van der Waals surface area contributed by atoms with Crippen molar-refractivity contribution in [3.05, 3.63) is 40.4 Å². The van der Waals surface area contributed by atoms with Gasteiger partial charge >= 0.3 is 11.9 Å². The maximum absolute atomic E-state index is 14.3. The zero-order valence-corrected chi connectivity index (χ0v) is 32.6. The summed E-state index contributed by atoms with van der Waals surface area (Å²) in [5.74, 6) is -0.916. The summed E-state index contributed by atoms with van der Waals surface area (Å²) in [5, 5.41) is 8.20. The number of carbonyl (C=O) groups is 5. The first-order valence-electron chi connectivity index (χ1n) is 18.9. The van der Waals surface area contributed by atoms with E-state index >= 15 is 0 Å². The van der Waals surface area contributed by atoms with E-state index in [4.69, 9.17) is 9.47 Å². The molecule has 3 amide bonds. The van der Waals surface area contributed by atoms with Crippen LogP contribution in [-0.4, -0.2) is 106 Å². The van der Waals surface area contributed by atoms with Crippen molar-refractivity contribution < 1.29 is 33.4 Å². The number of hydrogen-bond donors (Lipinski definition) is 2. The Morgan fingerprint density at radius 1 is 1.02 bits per heavy atom. The molecule has 0 radical (unpaired) electrons. The number of fused-ring (bicyclic) bond motifs is 3. The van der Waals surface area contributed by atoms with Crippen molar-refractivity contribution in [2.75, 3.05) is 27.2 Å². The Morgan fingerprint density at radius 2 is 1.72 bits per heavy atom. The third kappa shape index (κ3) is 10.4.